The minimum Gasteiger partial charge on any atom is -0.298 e. The van der Waals surface area contributed by atoms with Gasteiger partial charge in [-0.3, -0.25) is 9.48 Å². The first-order valence-electron chi connectivity index (χ1n) is 3.77. The van der Waals surface area contributed by atoms with E-state index < -0.39 is 0 Å². The van der Waals surface area contributed by atoms with Gasteiger partial charge in [-0.05, 0) is 25.5 Å². The molecule has 0 amide bonds. The van der Waals surface area contributed by atoms with Crippen molar-refractivity contribution in [2.45, 2.75) is 13.8 Å². The lowest BCUT2D eigenvalue weighted by Crippen LogP contribution is -1.92. The molecule has 1 heterocycles. The Morgan fingerprint density at radius 3 is 2.75 bits per heavy atom. The standard InChI is InChI=1S/C9H12N2O/c1-7(6-12)4-9-5-10-11(3)8(9)2/h4-6H,1-3H3. The van der Waals surface area contributed by atoms with E-state index in [1.165, 1.54) is 0 Å². The largest absolute Gasteiger partial charge is 0.298 e. The van der Waals surface area contributed by atoms with E-state index in [1.54, 1.807) is 17.8 Å². The molecule has 0 aromatic carbocycles. The van der Waals surface area contributed by atoms with Gasteiger partial charge in [0.1, 0.15) is 6.29 Å². The molecule has 0 fully saturated rings. The van der Waals surface area contributed by atoms with Crippen LogP contribution in [0, 0.1) is 6.92 Å². The van der Waals surface area contributed by atoms with Gasteiger partial charge in [-0.2, -0.15) is 5.10 Å². The van der Waals surface area contributed by atoms with E-state index in [0.717, 1.165) is 17.5 Å². The van der Waals surface area contributed by atoms with Crippen LogP contribution in [0.15, 0.2) is 11.8 Å². The SMILES string of the molecule is CC(C=O)=Cc1cnn(C)c1C. The summed E-state index contributed by atoms with van der Waals surface area (Å²) in [6, 6.07) is 0. The number of allylic oxidation sites excluding steroid dienone is 1. The van der Waals surface area contributed by atoms with Crippen LogP contribution in [-0.2, 0) is 11.8 Å². The molecule has 0 aliphatic rings. The summed E-state index contributed by atoms with van der Waals surface area (Å²) in [5, 5.41) is 4.06. The second-order valence-corrected chi connectivity index (χ2v) is 2.82. The zero-order chi connectivity index (χ0) is 9.14. The fourth-order valence-electron chi connectivity index (χ4n) is 0.937. The summed E-state index contributed by atoms with van der Waals surface area (Å²) in [6.45, 7) is 3.75. The molecule has 0 saturated carbocycles. The minimum atomic E-state index is 0.714. The topological polar surface area (TPSA) is 34.9 Å². The molecule has 0 aliphatic heterocycles. The highest BCUT2D eigenvalue weighted by atomic mass is 16.1. The van der Waals surface area contributed by atoms with Crippen molar-refractivity contribution < 1.29 is 4.79 Å². The summed E-state index contributed by atoms with van der Waals surface area (Å²) < 4.78 is 1.78. The van der Waals surface area contributed by atoms with Crippen molar-refractivity contribution in [3.63, 3.8) is 0 Å². The maximum Gasteiger partial charge on any atom is 0.145 e. The summed E-state index contributed by atoms with van der Waals surface area (Å²) in [5.74, 6) is 0. The van der Waals surface area contributed by atoms with Crippen LogP contribution in [0.4, 0.5) is 0 Å². The Labute approximate surface area is 71.7 Å². The van der Waals surface area contributed by atoms with Gasteiger partial charge in [0.15, 0.2) is 0 Å². The second-order valence-electron chi connectivity index (χ2n) is 2.82. The average molecular weight is 164 g/mol. The molecule has 0 bridgehead atoms. The molecule has 1 aromatic rings. The fraction of sp³-hybridized carbons (Fsp3) is 0.333. The molecule has 0 unspecified atom stereocenters. The van der Waals surface area contributed by atoms with Crippen LogP contribution in [0.2, 0.25) is 0 Å². The van der Waals surface area contributed by atoms with Crippen LogP contribution >= 0.6 is 0 Å². The molecule has 0 N–H and O–H groups in total. The van der Waals surface area contributed by atoms with Crippen LogP contribution < -0.4 is 0 Å². The van der Waals surface area contributed by atoms with Gasteiger partial charge in [-0.1, -0.05) is 0 Å². The summed E-state index contributed by atoms with van der Waals surface area (Å²) in [4.78, 5) is 10.3. The van der Waals surface area contributed by atoms with Gasteiger partial charge < -0.3 is 0 Å². The van der Waals surface area contributed by atoms with Crippen LogP contribution in [0.5, 0.6) is 0 Å². The number of aldehydes is 1. The normalized spacial score (nSPS) is 11.8. The van der Waals surface area contributed by atoms with Crippen LogP contribution in [0.25, 0.3) is 6.08 Å². The average Bonchev–Trinajstić information content (AvgIpc) is 2.36. The van der Waals surface area contributed by atoms with Crippen molar-refractivity contribution in [3.8, 4) is 0 Å². The van der Waals surface area contributed by atoms with E-state index in [1.807, 2.05) is 20.0 Å². The molecule has 0 saturated heterocycles. The lowest BCUT2D eigenvalue weighted by atomic mass is 10.2. The zero-order valence-corrected chi connectivity index (χ0v) is 7.53. The van der Waals surface area contributed by atoms with Crippen molar-refractivity contribution in [2.75, 3.05) is 0 Å². The van der Waals surface area contributed by atoms with Gasteiger partial charge in [0, 0.05) is 18.3 Å². The molecule has 3 heteroatoms. The van der Waals surface area contributed by atoms with E-state index in [4.69, 9.17) is 0 Å². The molecule has 64 valence electrons. The predicted molar refractivity (Wildman–Crippen MR) is 47.7 cm³/mol. The van der Waals surface area contributed by atoms with Crippen molar-refractivity contribution >= 4 is 12.4 Å². The molecular weight excluding hydrogens is 152 g/mol. The van der Waals surface area contributed by atoms with Crippen molar-refractivity contribution in [1.82, 2.24) is 9.78 Å². The Balaban J connectivity index is 3.04. The van der Waals surface area contributed by atoms with Gasteiger partial charge in [0.05, 0.1) is 6.20 Å². The third-order valence-corrected chi connectivity index (χ3v) is 1.84. The number of hydrogen-bond acceptors (Lipinski definition) is 2. The summed E-state index contributed by atoms with van der Waals surface area (Å²) in [7, 11) is 1.88. The number of aryl methyl sites for hydroxylation is 1. The fourth-order valence-corrected chi connectivity index (χ4v) is 0.937. The number of nitrogens with zero attached hydrogens (tertiary/aromatic N) is 2. The van der Waals surface area contributed by atoms with Crippen LogP contribution in [0.1, 0.15) is 18.2 Å². The highest BCUT2D eigenvalue weighted by Gasteiger charge is 1.99. The smallest absolute Gasteiger partial charge is 0.145 e. The van der Waals surface area contributed by atoms with Crippen LogP contribution in [-0.4, -0.2) is 16.1 Å². The second kappa shape index (κ2) is 3.34. The lowest BCUT2D eigenvalue weighted by Gasteiger charge is -1.94. The number of aromatic nitrogens is 2. The lowest BCUT2D eigenvalue weighted by molar-refractivity contribution is -0.104. The number of rotatable bonds is 2. The minimum absolute atomic E-state index is 0.714. The Hall–Kier alpha value is -1.38. The first-order chi connectivity index (χ1) is 5.65. The number of hydrogen-bond donors (Lipinski definition) is 0. The van der Waals surface area contributed by atoms with E-state index in [0.29, 0.717) is 5.57 Å². The highest BCUT2D eigenvalue weighted by molar-refractivity contribution is 5.80. The van der Waals surface area contributed by atoms with Crippen molar-refractivity contribution in [2.24, 2.45) is 7.05 Å². The Morgan fingerprint density at radius 1 is 1.67 bits per heavy atom. The summed E-state index contributed by atoms with van der Waals surface area (Å²) >= 11 is 0. The number of carbonyl (C=O) groups excluding carboxylic acids is 1. The summed E-state index contributed by atoms with van der Waals surface area (Å²) in [6.07, 6.45) is 4.42. The molecule has 1 aromatic heterocycles. The first-order valence-corrected chi connectivity index (χ1v) is 3.77. The Kier molecular flexibility index (Phi) is 2.43. The molecule has 1 rings (SSSR count). The molecule has 3 nitrogen and oxygen atoms in total. The van der Waals surface area contributed by atoms with E-state index in [2.05, 4.69) is 5.10 Å². The highest BCUT2D eigenvalue weighted by Crippen LogP contribution is 2.09. The van der Waals surface area contributed by atoms with Gasteiger partial charge in [0.25, 0.3) is 0 Å². The van der Waals surface area contributed by atoms with E-state index in [-0.39, 0.29) is 0 Å². The first kappa shape index (κ1) is 8.71. The molecule has 0 spiro atoms. The molecule has 0 atom stereocenters. The third-order valence-electron chi connectivity index (χ3n) is 1.84. The van der Waals surface area contributed by atoms with Crippen LogP contribution in [0.3, 0.4) is 0 Å². The zero-order valence-electron chi connectivity index (χ0n) is 7.53. The maximum atomic E-state index is 10.3. The van der Waals surface area contributed by atoms with E-state index >= 15 is 0 Å². The molecule has 0 aliphatic carbocycles. The maximum absolute atomic E-state index is 10.3. The number of carbonyl (C=O) groups is 1. The van der Waals surface area contributed by atoms with Gasteiger partial charge in [-0.15, -0.1) is 0 Å². The van der Waals surface area contributed by atoms with E-state index in [9.17, 15) is 4.79 Å². The third kappa shape index (κ3) is 1.61. The Bertz CT molecular complexity index is 323. The Morgan fingerprint density at radius 2 is 2.33 bits per heavy atom. The van der Waals surface area contributed by atoms with Gasteiger partial charge in [0.2, 0.25) is 0 Å². The quantitative estimate of drug-likeness (QED) is 0.488. The molecule has 0 radical (unpaired) electrons. The monoisotopic (exact) mass is 164 g/mol. The van der Waals surface area contributed by atoms with Crippen molar-refractivity contribution in [3.05, 3.63) is 23.0 Å². The van der Waals surface area contributed by atoms with Crippen molar-refractivity contribution in [1.29, 1.82) is 0 Å². The summed E-state index contributed by atoms with van der Waals surface area (Å²) in [5.41, 5.74) is 2.78. The predicted octanol–water partition coefficient (Wildman–Crippen LogP) is 1.33. The molecular formula is C9H12N2O. The van der Waals surface area contributed by atoms with Gasteiger partial charge >= 0.3 is 0 Å². The molecule has 12 heavy (non-hydrogen) atoms. The van der Waals surface area contributed by atoms with Gasteiger partial charge in [-0.25, -0.2) is 0 Å².